The van der Waals surface area contributed by atoms with E-state index in [2.05, 4.69) is 5.32 Å². The minimum absolute atomic E-state index is 0.657. The summed E-state index contributed by atoms with van der Waals surface area (Å²) in [5.41, 5.74) is 1.14. The van der Waals surface area contributed by atoms with Gasteiger partial charge in [0, 0.05) is 11.6 Å². The van der Waals surface area contributed by atoms with Crippen LogP contribution in [0, 0.1) is 0 Å². The second-order valence-electron chi connectivity index (χ2n) is 2.45. The topological polar surface area (TPSA) is 29.1 Å². The monoisotopic (exact) mass is 183 g/mol. The first-order valence-electron chi connectivity index (χ1n) is 3.74. The largest absolute Gasteiger partial charge is 0.358 e. The van der Waals surface area contributed by atoms with Crippen molar-refractivity contribution in [3.8, 4) is 0 Å². The summed E-state index contributed by atoms with van der Waals surface area (Å²) in [7, 11) is 0. The lowest BCUT2D eigenvalue weighted by Crippen LogP contribution is -2.14. The highest BCUT2D eigenvalue weighted by Gasteiger charge is 1.92. The fourth-order valence-electron chi connectivity index (χ4n) is 0.968. The van der Waals surface area contributed by atoms with Crippen LogP contribution in [0.3, 0.4) is 0 Å². The van der Waals surface area contributed by atoms with Gasteiger partial charge in [-0.3, -0.25) is 4.79 Å². The van der Waals surface area contributed by atoms with Gasteiger partial charge < -0.3 is 5.32 Å². The molecular weight excluding hydrogens is 174 g/mol. The maximum Gasteiger partial charge on any atom is 0.207 e. The standard InChI is InChI=1S/C9H10ClNO/c10-9-3-1-2-8(6-9)4-5-11-7-12/h1-3,6-7H,4-5H2,(H,11,12). The van der Waals surface area contributed by atoms with Crippen LogP contribution in [0.15, 0.2) is 24.3 Å². The van der Waals surface area contributed by atoms with Gasteiger partial charge in [-0.25, -0.2) is 0 Å². The van der Waals surface area contributed by atoms with E-state index in [4.69, 9.17) is 11.6 Å². The van der Waals surface area contributed by atoms with Crippen molar-refractivity contribution in [1.82, 2.24) is 5.32 Å². The zero-order valence-electron chi connectivity index (χ0n) is 6.59. The number of carbonyl (C=O) groups excluding carboxylic acids is 1. The average Bonchev–Trinajstić information content (AvgIpc) is 2.05. The van der Waals surface area contributed by atoms with Crippen LogP contribution in [0.5, 0.6) is 0 Å². The summed E-state index contributed by atoms with van der Waals surface area (Å²) in [6, 6.07) is 7.61. The number of carbonyl (C=O) groups is 1. The van der Waals surface area contributed by atoms with E-state index in [-0.39, 0.29) is 0 Å². The number of nitrogens with one attached hydrogen (secondary N) is 1. The molecule has 0 bridgehead atoms. The van der Waals surface area contributed by atoms with Crippen molar-refractivity contribution in [3.63, 3.8) is 0 Å². The molecule has 1 amide bonds. The third kappa shape index (κ3) is 2.93. The molecule has 1 N–H and O–H groups in total. The fourth-order valence-corrected chi connectivity index (χ4v) is 1.18. The molecule has 0 radical (unpaired) electrons. The van der Waals surface area contributed by atoms with E-state index in [0.29, 0.717) is 13.0 Å². The third-order valence-corrected chi connectivity index (χ3v) is 1.77. The molecule has 0 aliphatic heterocycles. The Labute approximate surface area is 76.5 Å². The Morgan fingerprint density at radius 2 is 2.33 bits per heavy atom. The van der Waals surface area contributed by atoms with Crippen LogP contribution in [0.1, 0.15) is 5.56 Å². The van der Waals surface area contributed by atoms with Crippen LogP contribution in [-0.2, 0) is 11.2 Å². The maximum absolute atomic E-state index is 9.92. The van der Waals surface area contributed by atoms with Gasteiger partial charge in [0.05, 0.1) is 0 Å². The Morgan fingerprint density at radius 1 is 1.50 bits per heavy atom. The molecule has 0 saturated carbocycles. The normalized spacial score (nSPS) is 9.42. The lowest BCUT2D eigenvalue weighted by atomic mass is 10.1. The second kappa shape index (κ2) is 4.78. The van der Waals surface area contributed by atoms with Crippen molar-refractivity contribution >= 4 is 18.0 Å². The van der Waals surface area contributed by atoms with E-state index < -0.39 is 0 Å². The number of hydrogen-bond acceptors (Lipinski definition) is 1. The molecule has 1 rings (SSSR count). The van der Waals surface area contributed by atoms with E-state index in [1.165, 1.54) is 0 Å². The first-order valence-corrected chi connectivity index (χ1v) is 4.12. The Morgan fingerprint density at radius 3 is 3.00 bits per heavy atom. The van der Waals surface area contributed by atoms with Crippen LogP contribution in [0.2, 0.25) is 5.02 Å². The van der Waals surface area contributed by atoms with E-state index in [1.807, 2.05) is 24.3 Å². The molecule has 0 unspecified atom stereocenters. The first kappa shape index (κ1) is 9.07. The van der Waals surface area contributed by atoms with Crippen molar-refractivity contribution in [1.29, 1.82) is 0 Å². The number of halogens is 1. The van der Waals surface area contributed by atoms with Crippen molar-refractivity contribution < 1.29 is 4.79 Å². The molecule has 0 atom stereocenters. The zero-order valence-corrected chi connectivity index (χ0v) is 7.34. The molecule has 0 heterocycles. The highest BCUT2D eigenvalue weighted by molar-refractivity contribution is 6.30. The first-order chi connectivity index (χ1) is 5.83. The number of benzene rings is 1. The molecule has 0 saturated heterocycles. The summed E-state index contributed by atoms with van der Waals surface area (Å²) in [5.74, 6) is 0. The average molecular weight is 184 g/mol. The molecular formula is C9H10ClNO. The number of hydrogen-bond donors (Lipinski definition) is 1. The lowest BCUT2D eigenvalue weighted by molar-refractivity contribution is -0.109. The molecule has 64 valence electrons. The third-order valence-electron chi connectivity index (χ3n) is 1.53. The minimum Gasteiger partial charge on any atom is -0.358 e. The molecule has 0 aliphatic carbocycles. The fraction of sp³-hybridized carbons (Fsp3) is 0.222. The molecule has 3 heteroatoms. The highest BCUT2D eigenvalue weighted by Crippen LogP contribution is 2.10. The molecule has 0 aliphatic rings. The summed E-state index contributed by atoms with van der Waals surface area (Å²) in [6.45, 7) is 0.657. The van der Waals surface area contributed by atoms with Crippen molar-refractivity contribution in [2.75, 3.05) is 6.54 Å². The molecule has 0 fully saturated rings. The molecule has 0 aromatic heterocycles. The summed E-state index contributed by atoms with van der Waals surface area (Å²) in [4.78, 5) is 9.92. The maximum atomic E-state index is 9.92. The molecule has 12 heavy (non-hydrogen) atoms. The van der Waals surface area contributed by atoms with E-state index in [9.17, 15) is 4.79 Å². The van der Waals surface area contributed by atoms with Crippen molar-refractivity contribution in [2.45, 2.75) is 6.42 Å². The SMILES string of the molecule is O=CNCCc1cccc(Cl)c1. The van der Waals surface area contributed by atoms with Crippen LogP contribution in [-0.4, -0.2) is 13.0 Å². The van der Waals surface area contributed by atoms with Crippen LogP contribution >= 0.6 is 11.6 Å². The van der Waals surface area contributed by atoms with E-state index >= 15 is 0 Å². The summed E-state index contributed by atoms with van der Waals surface area (Å²) in [6.07, 6.45) is 1.52. The van der Waals surface area contributed by atoms with Gasteiger partial charge in [-0.1, -0.05) is 23.7 Å². The predicted octanol–water partition coefficient (Wildman–Crippen LogP) is 1.63. The molecule has 2 nitrogen and oxygen atoms in total. The number of rotatable bonds is 4. The zero-order chi connectivity index (χ0) is 8.81. The Hall–Kier alpha value is -1.02. The smallest absolute Gasteiger partial charge is 0.207 e. The minimum atomic E-state index is 0.657. The van der Waals surface area contributed by atoms with Crippen molar-refractivity contribution in [2.24, 2.45) is 0 Å². The van der Waals surface area contributed by atoms with Gasteiger partial charge in [-0.15, -0.1) is 0 Å². The predicted molar refractivity (Wildman–Crippen MR) is 49.2 cm³/mol. The Bertz CT molecular complexity index is 262. The van der Waals surface area contributed by atoms with Crippen LogP contribution in [0.25, 0.3) is 0 Å². The number of amides is 1. The summed E-state index contributed by atoms with van der Waals surface area (Å²) < 4.78 is 0. The van der Waals surface area contributed by atoms with Gasteiger partial charge in [0.25, 0.3) is 0 Å². The van der Waals surface area contributed by atoms with Crippen molar-refractivity contribution in [3.05, 3.63) is 34.9 Å². The van der Waals surface area contributed by atoms with E-state index in [0.717, 1.165) is 17.0 Å². The van der Waals surface area contributed by atoms with Gasteiger partial charge in [-0.05, 0) is 24.1 Å². The Kier molecular flexibility index (Phi) is 3.61. The highest BCUT2D eigenvalue weighted by atomic mass is 35.5. The van der Waals surface area contributed by atoms with Gasteiger partial charge in [0.15, 0.2) is 0 Å². The molecule has 0 spiro atoms. The van der Waals surface area contributed by atoms with Gasteiger partial charge in [0.1, 0.15) is 0 Å². The summed E-state index contributed by atoms with van der Waals surface area (Å²) >= 11 is 5.77. The Balaban J connectivity index is 2.46. The summed E-state index contributed by atoms with van der Waals surface area (Å²) in [5, 5.41) is 3.33. The van der Waals surface area contributed by atoms with Crippen LogP contribution in [0.4, 0.5) is 0 Å². The van der Waals surface area contributed by atoms with E-state index in [1.54, 1.807) is 0 Å². The quantitative estimate of drug-likeness (QED) is 0.558. The van der Waals surface area contributed by atoms with Gasteiger partial charge in [-0.2, -0.15) is 0 Å². The molecule has 1 aromatic rings. The van der Waals surface area contributed by atoms with Crippen LogP contribution < -0.4 is 5.32 Å². The molecule has 1 aromatic carbocycles. The van der Waals surface area contributed by atoms with Gasteiger partial charge >= 0.3 is 0 Å². The second-order valence-corrected chi connectivity index (χ2v) is 2.89. The lowest BCUT2D eigenvalue weighted by Gasteiger charge is -1.99. The van der Waals surface area contributed by atoms with Gasteiger partial charge in [0.2, 0.25) is 6.41 Å².